The van der Waals surface area contributed by atoms with Crippen molar-refractivity contribution in [1.82, 2.24) is 9.78 Å². The Hall–Kier alpha value is -2.70. The molecule has 1 aromatic heterocycles. The second-order valence-electron chi connectivity index (χ2n) is 5.67. The molecule has 6 nitrogen and oxygen atoms in total. The average molecular weight is 406 g/mol. The zero-order valence-corrected chi connectivity index (χ0v) is 16.2. The van der Waals surface area contributed by atoms with Crippen LogP contribution in [-0.2, 0) is 6.54 Å². The topological polar surface area (TPSA) is 65.4 Å². The molecule has 3 aromatic rings. The highest BCUT2D eigenvalue weighted by Gasteiger charge is 2.14. The summed E-state index contributed by atoms with van der Waals surface area (Å²) >= 11 is 12.0. The Labute approximate surface area is 166 Å². The molecule has 0 aliphatic carbocycles. The van der Waals surface area contributed by atoms with Crippen LogP contribution in [0, 0.1) is 0 Å². The van der Waals surface area contributed by atoms with E-state index in [1.54, 1.807) is 54.4 Å². The van der Waals surface area contributed by atoms with Crippen molar-refractivity contribution in [2.45, 2.75) is 6.54 Å². The van der Waals surface area contributed by atoms with Gasteiger partial charge in [-0.2, -0.15) is 5.10 Å². The van der Waals surface area contributed by atoms with Gasteiger partial charge in [-0.3, -0.25) is 9.48 Å². The van der Waals surface area contributed by atoms with E-state index in [0.717, 1.165) is 5.56 Å². The van der Waals surface area contributed by atoms with E-state index < -0.39 is 0 Å². The first kappa shape index (κ1) is 19.1. The molecule has 0 saturated carbocycles. The van der Waals surface area contributed by atoms with Crippen LogP contribution in [0.15, 0.2) is 48.7 Å². The number of anilines is 1. The highest BCUT2D eigenvalue weighted by Crippen LogP contribution is 2.25. The quantitative estimate of drug-likeness (QED) is 0.655. The number of hydrogen-bond donors (Lipinski definition) is 1. The lowest BCUT2D eigenvalue weighted by Gasteiger charge is -2.09. The Morgan fingerprint density at radius 2 is 1.89 bits per heavy atom. The predicted octanol–water partition coefficient (Wildman–Crippen LogP) is 4.51. The van der Waals surface area contributed by atoms with Gasteiger partial charge in [0.05, 0.1) is 36.4 Å². The Kier molecular flexibility index (Phi) is 5.88. The molecule has 3 rings (SSSR count). The number of carbonyl (C=O) groups excluding carboxylic acids is 1. The number of nitrogens with zero attached hydrogens (tertiary/aromatic N) is 2. The molecule has 0 aliphatic heterocycles. The van der Waals surface area contributed by atoms with Gasteiger partial charge in [0.1, 0.15) is 11.5 Å². The third-order valence-electron chi connectivity index (χ3n) is 3.86. The fourth-order valence-corrected chi connectivity index (χ4v) is 2.83. The maximum absolute atomic E-state index is 12.5. The largest absolute Gasteiger partial charge is 0.497 e. The van der Waals surface area contributed by atoms with Crippen LogP contribution in [0.2, 0.25) is 10.0 Å². The molecule has 0 saturated heterocycles. The Morgan fingerprint density at radius 3 is 2.59 bits per heavy atom. The van der Waals surface area contributed by atoms with Crippen molar-refractivity contribution in [1.29, 1.82) is 0 Å². The summed E-state index contributed by atoms with van der Waals surface area (Å²) in [6.45, 7) is 0.499. The second kappa shape index (κ2) is 8.33. The van der Waals surface area contributed by atoms with Gasteiger partial charge in [-0.15, -0.1) is 0 Å². The number of benzene rings is 2. The number of ether oxygens (including phenoxy) is 2. The van der Waals surface area contributed by atoms with Crippen LogP contribution in [0.1, 0.15) is 15.9 Å². The summed E-state index contributed by atoms with van der Waals surface area (Å²) in [6, 6.07) is 12.1. The standard InChI is InChI=1S/C19H17Cl2N3O3/c1-26-13-4-5-14(17(10-13)27-2)19(25)22-18-7-8-24(23-18)11-12-3-6-15(20)16(21)9-12/h3-10H,11H2,1-2H3,(H,22,23,25). The van der Waals surface area contributed by atoms with Crippen molar-refractivity contribution in [2.24, 2.45) is 0 Å². The molecule has 8 heteroatoms. The molecule has 2 aromatic carbocycles. The van der Waals surface area contributed by atoms with Gasteiger partial charge >= 0.3 is 0 Å². The van der Waals surface area contributed by atoms with Gasteiger partial charge < -0.3 is 14.8 Å². The van der Waals surface area contributed by atoms with Crippen LogP contribution in [-0.4, -0.2) is 29.9 Å². The van der Waals surface area contributed by atoms with Crippen LogP contribution < -0.4 is 14.8 Å². The Bertz CT molecular complexity index is 973. The normalized spacial score (nSPS) is 10.5. The lowest BCUT2D eigenvalue weighted by Crippen LogP contribution is -2.14. The first-order chi connectivity index (χ1) is 13.0. The molecule has 0 atom stereocenters. The minimum atomic E-state index is -0.325. The van der Waals surface area contributed by atoms with Crippen molar-refractivity contribution in [3.63, 3.8) is 0 Å². The Morgan fingerprint density at radius 1 is 1.07 bits per heavy atom. The summed E-state index contributed by atoms with van der Waals surface area (Å²) in [7, 11) is 3.05. The van der Waals surface area contributed by atoms with E-state index in [1.807, 2.05) is 6.07 Å². The van der Waals surface area contributed by atoms with Gasteiger partial charge in [0.25, 0.3) is 5.91 Å². The molecular weight excluding hydrogens is 389 g/mol. The van der Waals surface area contributed by atoms with Gasteiger partial charge in [0.15, 0.2) is 5.82 Å². The van der Waals surface area contributed by atoms with Gasteiger partial charge in [-0.1, -0.05) is 29.3 Å². The molecule has 0 aliphatic rings. The maximum atomic E-state index is 12.5. The maximum Gasteiger partial charge on any atom is 0.260 e. The number of rotatable bonds is 6. The van der Waals surface area contributed by atoms with Crippen molar-refractivity contribution >= 4 is 34.9 Å². The van der Waals surface area contributed by atoms with Crippen molar-refractivity contribution in [3.8, 4) is 11.5 Å². The number of carbonyl (C=O) groups is 1. The minimum absolute atomic E-state index is 0.325. The molecule has 0 bridgehead atoms. The Balaban J connectivity index is 1.72. The molecule has 1 amide bonds. The van der Waals surface area contributed by atoms with E-state index in [0.29, 0.717) is 39.5 Å². The van der Waals surface area contributed by atoms with Gasteiger partial charge in [-0.05, 0) is 29.8 Å². The summed E-state index contributed by atoms with van der Waals surface area (Å²) in [5.41, 5.74) is 1.33. The molecular formula is C19H17Cl2N3O3. The molecule has 0 unspecified atom stereocenters. The predicted molar refractivity (Wildman–Crippen MR) is 105 cm³/mol. The number of methoxy groups -OCH3 is 2. The highest BCUT2D eigenvalue weighted by molar-refractivity contribution is 6.42. The third kappa shape index (κ3) is 4.53. The van der Waals surface area contributed by atoms with E-state index >= 15 is 0 Å². The van der Waals surface area contributed by atoms with Crippen LogP contribution in [0.5, 0.6) is 11.5 Å². The molecule has 1 N–H and O–H groups in total. The smallest absolute Gasteiger partial charge is 0.260 e. The summed E-state index contributed by atoms with van der Waals surface area (Å²) in [6.07, 6.45) is 1.77. The van der Waals surface area contributed by atoms with Crippen LogP contribution >= 0.6 is 23.2 Å². The van der Waals surface area contributed by atoms with Crippen LogP contribution in [0.25, 0.3) is 0 Å². The van der Waals surface area contributed by atoms with Crippen LogP contribution in [0.3, 0.4) is 0 Å². The van der Waals surface area contributed by atoms with Gasteiger partial charge in [0.2, 0.25) is 0 Å². The summed E-state index contributed by atoms with van der Waals surface area (Å²) in [5, 5.41) is 8.10. The first-order valence-corrected chi connectivity index (χ1v) is 8.76. The fourth-order valence-electron chi connectivity index (χ4n) is 2.51. The lowest BCUT2D eigenvalue weighted by atomic mass is 10.1. The monoisotopic (exact) mass is 405 g/mol. The zero-order valence-electron chi connectivity index (χ0n) is 14.7. The summed E-state index contributed by atoms with van der Waals surface area (Å²) in [5.74, 6) is 1.13. The van der Waals surface area contributed by atoms with Crippen molar-refractivity contribution in [2.75, 3.05) is 19.5 Å². The fraction of sp³-hybridized carbons (Fsp3) is 0.158. The third-order valence-corrected chi connectivity index (χ3v) is 4.60. The molecule has 0 spiro atoms. The van der Waals surface area contributed by atoms with Crippen molar-refractivity contribution in [3.05, 3.63) is 69.8 Å². The first-order valence-electron chi connectivity index (χ1n) is 8.01. The molecule has 1 heterocycles. The molecule has 0 fully saturated rings. The minimum Gasteiger partial charge on any atom is -0.497 e. The van der Waals surface area contributed by atoms with E-state index in [9.17, 15) is 4.79 Å². The second-order valence-corrected chi connectivity index (χ2v) is 6.48. The number of aromatic nitrogens is 2. The van der Waals surface area contributed by atoms with Crippen molar-refractivity contribution < 1.29 is 14.3 Å². The summed E-state index contributed by atoms with van der Waals surface area (Å²) in [4.78, 5) is 12.5. The lowest BCUT2D eigenvalue weighted by molar-refractivity contribution is 0.102. The molecule has 140 valence electrons. The average Bonchev–Trinajstić information content (AvgIpc) is 3.10. The number of halogens is 2. The zero-order chi connectivity index (χ0) is 19.4. The van der Waals surface area contributed by atoms with Gasteiger partial charge in [0, 0.05) is 18.3 Å². The molecule has 27 heavy (non-hydrogen) atoms. The summed E-state index contributed by atoms with van der Waals surface area (Å²) < 4.78 is 12.1. The number of hydrogen-bond acceptors (Lipinski definition) is 4. The van der Waals surface area contributed by atoms with E-state index in [4.69, 9.17) is 32.7 Å². The number of nitrogens with one attached hydrogen (secondary N) is 1. The van der Waals surface area contributed by atoms with Crippen LogP contribution in [0.4, 0.5) is 5.82 Å². The van der Waals surface area contributed by atoms with E-state index in [1.165, 1.54) is 7.11 Å². The van der Waals surface area contributed by atoms with Gasteiger partial charge in [-0.25, -0.2) is 0 Å². The van der Waals surface area contributed by atoms with E-state index in [2.05, 4.69) is 10.4 Å². The molecule has 0 radical (unpaired) electrons. The number of amides is 1. The highest BCUT2D eigenvalue weighted by atomic mass is 35.5. The SMILES string of the molecule is COc1ccc(C(=O)Nc2ccn(Cc3ccc(Cl)c(Cl)c3)n2)c(OC)c1. The van der Waals surface area contributed by atoms with E-state index in [-0.39, 0.29) is 5.91 Å².